The Labute approximate surface area is 86.0 Å². The van der Waals surface area contributed by atoms with Gasteiger partial charge in [0.15, 0.2) is 0 Å². The van der Waals surface area contributed by atoms with Crippen LogP contribution in [-0.4, -0.2) is 10.1 Å². The van der Waals surface area contributed by atoms with E-state index in [1.54, 1.807) is 0 Å². The lowest BCUT2D eigenvalue weighted by atomic mass is 10.1. The van der Waals surface area contributed by atoms with Gasteiger partial charge in [0.2, 0.25) is 0 Å². The van der Waals surface area contributed by atoms with Gasteiger partial charge in [-0.05, 0) is 24.0 Å². The zero-order chi connectivity index (χ0) is 10.6. The molecule has 0 aliphatic rings. The normalized spacial score (nSPS) is 10.9. The third kappa shape index (κ3) is 2.55. The van der Waals surface area contributed by atoms with Crippen LogP contribution in [0.4, 0.5) is 0 Å². The van der Waals surface area contributed by atoms with Crippen LogP contribution >= 0.6 is 0 Å². The largest absolute Gasteiger partial charge is 0.392 e. The molecule has 0 saturated carbocycles. The van der Waals surface area contributed by atoms with E-state index >= 15 is 0 Å². The molecule has 0 aliphatic heterocycles. The third-order valence-corrected chi connectivity index (χ3v) is 2.34. The van der Waals surface area contributed by atoms with Gasteiger partial charge < -0.3 is 5.11 Å². The highest BCUT2D eigenvalue weighted by atomic mass is 16.3. The first kappa shape index (κ1) is 11.2. The van der Waals surface area contributed by atoms with E-state index < -0.39 is 0 Å². The summed E-state index contributed by atoms with van der Waals surface area (Å²) in [7, 11) is 0. The second-order valence-electron chi connectivity index (χ2n) is 3.90. The smallest absolute Gasteiger partial charge is 0.0699 e. The summed E-state index contributed by atoms with van der Waals surface area (Å²) in [6.45, 7) is 6.50. The lowest BCUT2D eigenvalue weighted by Crippen LogP contribution is -2.02. The van der Waals surface area contributed by atoms with Crippen molar-refractivity contribution in [3.05, 3.63) is 29.1 Å². The minimum Gasteiger partial charge on any atom is -0.392 e. The standard InChI is InChI=1S/C12H19NO/c1-4-5-12-10(8-14)6-7-11(13-12)9(2)3/h6-7,9,14H,4-5,8H2,1-3H3. The number of aliphatic hydroxyl groups excluding tert-OH is 1. The fourth-order valence-electron chi connectivity index (χ4n) is 1.47. The summed E-state index contributed by atoms with van der Waals surface area (Å²) in [5.74, 6) is 0.457. The average Bonchev–Trinajstić information content (AvgIpc) is 2.18. The molecule has 0 atom stereocenters. The van der Waals surface area contributed by atoms with Gasteiger partial charge in [0.25, 0.3) is 0 Å². The van der Waals surface area contributed by atoms with E-state index in [0.29, 0.717) is 5.92 Å². The molecule has 0 aromatic carbocycles. The zero-order valence-electron chi connectivity index (χ0n) is 9.25. The molecular weight excluding hydrogens is 174 g/mol. The summed E-state index contributed by atoms with van der Waals surface area (Å²) in [5, 5.41) is 9.13. The molecule has 0 spiro atoms. The quantitative estimate of drug-likeness (QED) is 0.797. The Bertz CT molecular complexity index is 294. The van der Waals surface area contributed by atoms with E-state index in [4.69, 9.17) is 5.11 Å². The second kappa shape index (κ2) is 5.11. The number of nitrogens with zero attached hydrogens (tertiary/aromatic N) is 1. The first-order valence-corrected chi connectivity index (χ1v) is 5.28. The highest BCUT2D eigenvalue weighted by Crippen LogP contribution is 2.16. The molecule has 1 rings (SSSR count). The third-order valence-electron chi connectivity index (χ3n) is 2.34. The van der Waals surface area contributed by atoms with Gasteiger partial charge in [0, 0.05) is 11.4 Å². The Kier molecular flexibility index (Phi) is 4.08. The zero-order valence-corrected chi connectivity index (χ0v) is 9.25. The van der Waals surface area contributed by atoms with Crippen LogP contribution in [0.3, 0.4) is 0 Å². The molecule has 14 heavy (non-hydrogen) atoms. The van der Waals surface area contributed by atoms with Gasteiger partial charge in [0.1, 0.15) is 0 Å². The summed E-state index contributed by atoms with van der Waals surface area (Å²) in [5.41, 5.74) is 3.14. The van der Waals surface area contributed by atoms with Crippen LogP contribution in [0.25, 0.3) is 0 Å². The van der Waals surface area contributed by atoms with Crippen molar-refractivity contribution < 1.29 is 5.11 Å². The first-order chi connectivity index (χ1) is 6.69. The van der Waals surface area contributed by atoms with Gasteiger partial charge in [-0.25, -0.2) is 0 Å². The molecule has 1 heterocycles. The molecule has 0 radical (unpaired) electrons. The van der Waals surface area contributed by atoms with Gasteiger partial charge in [-0.2, -0.15) is 0 Å². The molecule has 0 aliphatic carbocycles. The van der Waals surface area contributed by atoms with Crippen molar-refractivity contribution in [2.24, 2.45) is 0 Å². The van der Waals surface area contributed by atoms with Crippen molar-refractivity contribution in [3.8, 4) is 0 Å². The van der Waals surface area contributed by atoms with E-state index in [0.717, 1.165) is 29.8 Å². The number of aryl methyl sites for hydroxylation is 1. The summed E-state index contributed by atoms with van der Waals surface area (Å²) in [6, 6.07) is 4.00. The van der Waals surface area contributed by atoms with Crippen LogP contribution in [0, 0.1) is 0 Å². The summed E-state index contributed by atoms with van der Waals surface area (Å²) < 4.78 is 0. The topological polar surface area (TPSA) is 33.1 Å². The maximum atomic E-state index is 9.13. The minimum absolute atomic E-state index is 0.0979. The lowest BCUT2D eigenvalue weighted by Gasteiger charge is -2.10. The number of aromatic nitrogens is 1. The van der Waals surface area contributed by atoms with Gasteiger partial charge in [-0.3, -0.25) is 4.98 Å². The average molecular weight is 193 g/mol. The van der Waals surface area contributed by atoms with Crippen LogP contribution in [0.5, 0.6) is 0 Å². The number of pyridine rings is 1. The minimum atomic E-state index is 0.0979. The van der Waals surface area contributed by atoms with Crippen molar-refractivity contribution in [3.63, 3.8) is 0 Å². The van der Waals surface area contributed by atoms with Crippen LogP contribution < -0.4 is 0 Å². The van der Waals surface area contributed by atoms with Gasteiger partial charge in [-0.15, -0.1) is 0 Å². The van der Waals surface area contributed by atoms with Crippen molar-refractivity contribution >= 4 is 0 Å². The Balaban J connectivity index is 3.01. The monoisotopic (exact) mass is 193 g/mol. The maximum absolute atomic E-state index is 9.13. The van der Waals surface area contributed by atoms with Crippen LogP contribution in [0.1, 0.15) is 50.1 Å². The van der Waals surface area contributed by atoms with Gasteiger partial charge in [-0.1, -0.05) is 33.3 Å². The van der Waals surface area contributed by atoms with Gasteiger partial charge in [0.05, 0.1) is 6.61 Å². The molecule has 1 aromatic heterocycles. The molecule has 0 fully saturated rings. The van der Waals surface area contributed by atoms with Crippen LogP contribution in [0.2, 0.25) is 0 Å². The van der Waals surface area contributed by atoms with Crippen molar-refractivity contribution in [1.82, 2.24) is 4.98 Å². The molecule has 0 unspecified atom stereocenters. The van der Waals surface area contributed by atoms with Gasteiger partial charge >= 0.3 is 0 Å². The molecular formula is C12H19NO. The van der Waals surface area contributed by atoms with E-state index in [2.05, 4.69) is 25.8 Å². The molecule has 78 valence electrons. The van der Waals surface area contributed by atoms with Crippen LogP contribution in [-0.2, 0) is 13.0 Å². The summed E-state index contributed by atoms with van der Waals surface area (Å²) in [4.78, 5) is 4.57. The molecule has 0 amide bonds. The predicted molar refractivity (Wildman–Crippen MR) is 58.2 cm³/mol. The Morgan fingerprint density at radius 1 is 1.36 bits per heavy atom. The van der Waals surface area contributed by atoms with E-state index in [9.17, 15) is 0 Å². The number of hydrogen-bond acceptors (Lipinski definition) is 2. The fourth-order valence-corrected chi connectivity index (χ4v) is 1.47. The Morgan fingerprint density at radius 3 is 2.57 bits per heavy atom. The summed E-state index contributed by atoms with van der Waals surface area (Å²) >= 11 is 0. The number of hydrogen-bond donors (Lipinski definition) is 1. The lowest BCUT2D eigenvalue weighted by molar-refractivity contribution is 0.280. The van der Waals surface area contributed by atoms with E-state index in [1.807, 2.05) is 12.1 Å². The molecule has 2 nitrogen and oxygen atoms in total. The molecule has 0 saturated heterocycles. The highest BCUT2D eigenvalue weighted by molar-refractivity contribution is 5.24. The molecule has 1 aromatic rings. The number of rotatable bonds is 4. The van der Waals surface area contributed by atoms with Crippen LogP contribution in [0.15, 0.2) is 12.1 Å². The summed E-state index contributed by atoms with van der Waals surface area (Å²) in [6.07, 6.45) is 2.03. The highest BCUT2D eigenvalue weighted by Gasteiger charge is 2.06. The molecule has 0 bridgehead atoms. The van der Waals surface area contributed by atoms with Crippen molar-refractivity contribution in [1.29, 1.82) is 0 Å². The van der Waals surface area contributed by atoms with E-state index in [1.165, 1.54) is 0 Å². The predicted octanol–water partition coefficient (Wildman–Crippen LogP) is 2.65. The fraction of sp³-hybridized carbons (Fsp3) is 0.583. The van der Waals surface area contributed by atoms with Crippen molar-refractivity contribution in [2.45, 2.75) is 46.1 Å². The number of aliphatic hydroxyl groups is 1. The maximum Gasteiger partial charge on any atom is 0.0699 e. The second-order valence-corrected chi connectivity index (χ2v) is 3.90. The Hall–Kier alpha value is -0.890. The molecule has 2 heteroatoms. The SMILES string of the molecule is CCCc1nc(C(C)C)ccc1CO. The first-order valence-electron chi connectivity index (χ1n) is 5.28. The Morgan fingerprint density at radius 2 is 2.07 bits per heavy atom. The van der Waals surface area contributed by atoms with E-state index in [-0.39, 0.29) is 6.61 Å². The molecule has 1 N–H and O–H groups in total. The van der Waals surface area contributed by atoms with Crippen molar-refractivity contribution in [2.75, 3.05) is 0 Å².